The largest absolute Gasteiger partial charge is 0.396 e. The van der Waals surface area contributed by atoms with E-state index in [0.29, 0.717) is 11.6 Å². The van der Waals surface area contributed by atoms with Crippen LogP contribution < -0.4 is 0 Å². The van der Waals surface area contributed by atoms with Gasteiger partial charge in [-0.3, -0.25) is 0 Å². The van der Waals surface area contributed by atoms with Gasteiger partial charge in [-0.05, 0) is 78.2 Å². The van der Waals surface area contributed by atoms with E-state index in [4.69, 9.17) is 16.0 Å². The molecular weight excluding hydrogens is 427 g/mol. The van der Waals surface area contributed by atoms with Crippen LogP contribution in [0.5, 0.6) is 0 Å². The molecule has 22 heavy (non-hydrogen) atoms. The number of nitriles is 1. The second-order valence-corrected chi connectivity index (χ2v) is 12.6. The average molecular weight is 443 g/mol. The highest BCUT2D eigenvalue weighted by atomic mass is 127. The Morgan fingerprint density at radius 3 is 2.73 bits per heavy atom. The zero-order valence-electron chi connectivity index (χ0n) is 12.7. The quantitative estimate of drug-likeness (QED) is 0.373. The van der Waals surface area contributed by atoms with Gasteiger partial charge in [0.05, 0.1) is 0 Å². The summed E-state index contributed by atoms with van der Waals surface area (Å²) in [6.45, 7) is 6.37. The van der Waals surface area contributed by atoms with Crippen LogP contribution >= 0.6 is 34.2 Å². The Kier molecular flexibility index (Phi) is 4.00. The minimum atomic E-state index is -1.84. The number of fused-ring (bicyclic) bond motifs is 3. The summed E-state index contributed by atoms with van der Waals surface area (Å²) in [5.41, 5.74) is 1.38. The van der Waals surface area contributed by atoms with E-state index in [1.54, 1.807) is 0 Å². The minimum absolute atomic E-state index is 0.494. The summed E-state index contributed by atoms with van der Waals surface area (Å²) in [5.74, 6) is 0. The number of rotatable bonds is 2. The second kappa shape index (κ2) is 5.44. The van der Waals surface area contributed by atoms with Crippen molar-refractivity contribution in [2.45, 2.75) is 38.1 Å². The second-order valence-electron chi connectivity index (χ2n) is 6.59. The lowest BCUT2D eigenvalue weighted by atomic mass is 9.95. The van der Waals surface area contributed by atoms with Crippen LogP contribution in [-0.2, 0) is 16.4 Å². The molecule has 1 atom stereocenters. The predicted molar refractivity (Wildman–Crippen MR) is 99.5 cm³/mol. The molecule has 0 bridgehead atoms. The van der Waals surface area contributed by atoms with Gasteiger partial charge in [0.25, 0.3) is 0 Å². The molecule has 0 radical (unpaired) electrons. The molecule has 3 rings (SSSR count). The first kappa shape index (κ1) is 16.2. The van der Waals surface area contributed by atoms with Crippen LogP contribution in [0.15, 0.2) is 18.3 Å². The number of hydrogen-bond acceptors (Lipinski definition) is 3. The van der Waals surface area contributed by atoms with Crippen LogP contribution in [0, 0.1) is 14.9 Å². The number of nitrogens with zero attached hydrogens (tertiary/aromatic N) is 2. The van der Waals surface area contributed by atoms with E-state index in [-0.39, 0.29) is 0 Å². The van der Waals surface area contributed by atoms with Gasteiger partial charge in [-0.15, -0.1) is 0 Å². The Bertz CT molecular complexity index is 812. The molecule has 0 aliphatic heterocycles. The van der Waals surface area contributed by atoms with Gasteiger partial charge < -0.3 is 4.43 Å². The minimum Gasteiger partial charge on any atom is -0.396 e. The Balaban J connectivity index is 2.26. The summed E-state index contributed by atoms with van der Waals surface area (Å²) in [7, 11) is -1.84. The van der Waals surface area contributed by atoms with Crippen molar-refractivity contribution >= 4 is 53.3 Å². The monoisotopic (exact) mass is 442 g/mol. The van der Waals surface area contributed by atoms with Crippen LogP contribution in [-0.4, -0.2) is 13.3 Å². The first-order chi connectivity index (χ1) is 10.3. The highest BCUT2D eigenvalue weighted by Gasteiger charge is 2.44. The van der Waals surface area contributed by atoms with Crippen molar-refractivity contribution < 1.29 is 4.43 Å². The van der Waals surface area contributed by atoms with Gasteiger partial charge in [0.1, 0.15) is 11.2 Å². The average Bonchev–Trinajstić information content (AvgIpc) is 2.77. The smallest absolute Gasteiger partial charge is 0.186 e. The SMILES string of the molecule is C[Si](C)(C)OC1(C#N)CCc2c1cc(I)c1cc(Cl)ncc21. The van der Waals surface area contributed by atoms with Gasteiger partial charge >= 0.3 is 0 Å². The van der Waals surface area contributed by atoms with Gasteiger partial charge in [-0.2, -0.15) is 5.26 Å². The molecule has 1 aliphatic rings. The molecule has 0 amide bonds. The fourth-order valence-corrected chi connectivity index (χ4v) is 5.36. The maximum Gasteiger partial charge on any atom is 0.186 e. The lowest BCUT2D eigenvalue weighted by molar-refractivity contribution is 0.121. The van der Waals surface area contributed by atoms with Crippen molar-refractivity contribution in [3.63, 3.8) is 0 Å². The van der Waals surface area contributed by atoms with Crippen LogP contribution in [0.3, 0.4) is 0 Å². The maximum absolute atomic E-state index is 9.84. The normalized spacial score (nSPS) is 20.9. The Morgan fingerprint density at radius 2 is 2.09 bits per heavy atom. The topological polar surface area (TPSA) is 45.9 Å². The Hall–Kier alpha value is -0.683. The van der Waals surface area contributed by atoms with E-state index in [1.807, 2.05) is 12.3 Å². The van der Waals surface area contributed by atoms with E-state index in [0.717, 1.165) is 26.3 Å². The van der Waals surface area contributed by atoms with E-state index < -0.39 is 13.9 Å². The highest BCUT2D eigenvalue weighted by Crippen LogP contribution is 2.45. The van der Waals surface area contributed by atoms with E-state index in [1.165, 1.54) is 5.56 Å². The molecule has 0 saturated carbocycles. The number of hydrogen-bond donors (Lipinski definition) is 0. The number of benzene rings is 1. The summed E-state index contributed by atoms with van der Waals surface area (Å²) in [6.07, 6.45) is 3.37. The maximum atomic E-state index is 9.84. The summed E-state index contributed by atoms with van der Waals surface area (Å²) >= 11 is 8.32. The highest BCUT2D eigenvalue weighted by molar-refractivity contribution is 14.1. The summed E-state index contributed by atoms with van der Waals surface area (Å²) in [4.78, 5) is 4.22. The molecule has 0 spiro atoms. The summed E-state index contributed by atoms with van der Waals surface area (Å²) in [6, 6.07) is 6.44. The van der Waals surface area contributed by atoms with Gasteiger partial charge in [0, 0.05) is 20.7 Å². The molecule has 0 fully saturated rings. The lowest BCUT2D eigenvalue weighted by Gasteiger charge is -2.31. The molecule has 1 aliphatic carbocycles. The number of aromatic nitrogens is 1. The van der Waals surface area contributed by atoms with Crippen molar-refractivity contribution in [2.75, 3.05) is 0 Å². The molecule has 1 aromatic carbocycles. The van der Waals surface area contributed by atoms with E-state index in [9.17, 15) is 5.26 Å². The molecule has 0 saturated heterocycles. The molecule has 0 N–H and O–H groups in total. The van der Waals surface area contributed by atoms with E-state index in [2.05, 4.69) is 59.4 Å². The van der Waals surface area contributed by atoms with Gasteiger partial charge in [-0.25, -0.2) is 4.98 Å². The van der Waals surface area contributed by atoms with Crippen molar-refractivity contribution in [3.8, 4) is 6.07 Å². The zero-order valence-corrected chi connectivity index (χ0v) is 16.6. The van der Waals surface area contributed by atoms with Gasteiger partial charge in [0.15, 0.2) is 13.9 Å². The number of aryl methyl sites for hydroxylation is 1. The molecule has 1 unspecified atom stereocenters. The van der Waals surface area contributed by atoms with E-state index >= 15 is 0 Å². The van der Waals surface area contributed by atoms with Crippen molar-refractivity contribution in [1.82, 2.24) is 4.98 Å². The fourth-order valence-electron chi connectivity index (χ4n) is 3.14. The van der Waals surface area contributed by atoms with Crippen molar-refractivity contribution in [2.24, 2.45) is 0 Å². The molecule has 2 aromatic rings. The number of pyridine rings is 1. The summed E-state index contributed by atoms with van der Waals surface area (Å²) in [5, 5.41) is 12.5. The third-order valence-electron chi connectivity index (χ3n) is 3.87. The zero-order chi connectivity index (χ0) is 16.1. The molecular formula is C16H16ClIN2OSi. The third-order valence-corrected chi connectivity index (χ3v) is 5.93. The Morgan fingerprint density at radius 1 is 1.36 bits per heavy atom. The number of halogens is 2. The van der Waals surface area contributed by atoms with Crippen LogP contribution in [0.25, 0.3) is 10.8 Å². The summed E-state index contributed by atoms with van der Waals surface area (Å²) < 4.78 is 7.40. The standard InChI is InChI=1S/C16H16ClIN2OSi/c1-22(2,3)21-16(9-19)5-4-10-12-8-20-15(17)6-11(12)14(18)7-13(10)16/h6-8H,4-5H2,1-3H3. The van der Waals surface area contributed by atoms with Crippen LogP contribution in [0.1, 0.15) is 17.5 Å². The predicted octanol–water partition coefficient (Wildman–Crippen LogP) is 5.01. The first-order valence-corrected chi connectivity index (χ1v) is 12.0. The molecule has 1 aromatic heterocycles. The Labute approximate surface area is 149 Å². The molecule has 6 heteroatoms. The lowest BCUT2D eigenvalue weighted by Crippen LogP contribution is -2.38. The van der Waals surface area contributed by atoms with Crippen molar-refractivity contribution in [1.29, 1.82) is 5.26 Å². The van der Waals surface area contributed by atoms with Crippen LogP contribution in [0.4, 0.5) is 0 Å². The molecule has 114 valence electrons. The van der Waals surface area contributed by atoms with Crippen LogP contribution in [0.2, 0.25) is 24.8 Å². The molecule has 3 nitrogen and oxygen atoms in total. The molecule has 1 heterocycles. The third kappa shape index (κ3) is 2.66. The van der Waals surface area contributed by atoms with Crippen molar-refractivity contribution in [3.05, 3.63) is 38.2 Å². The fraction of sp³-hybridized carbons (Fsp3) is 0.375. The van der Waals surface area contributed by atoms with Gasteiger partial charge in [-0.1, -0.05) is 11.6 Å². The van der Waals surface area contributed by atoms with Gasteiger partial charge in [0.2, 0.25) is 0 Å². The first-order valence-electron chi connectivity index (χ1n) is 7.14.